The Hall–Kier alpha value is -3.60. The predicted octanol–water partition coefficient (Wildman–Crippen LogP) is 4.27. The minimum Gasteiger partial charge on any atom is -0.508 e. The van der Waals surface area contributed by atoms with Gasteiger partial charge in [0, 0.05) is 12.7 Å². The summed E-state index contributed by atoms with van der Waals surface area (Å²) in [6.45, 7) is 1.56. The molecule has 0 heterocycles. The molecule has 0 aliphatic carbocycles. The fourth-order valence-corrected chi connectivity index (χ4v) is 2.78. The van der Waals surface area contributed by atoms with Crippen LogP contribution in [0, 0.1) is 0 Å². The lowest BCUT2D eigenvalue weighted by Gasteiger charge is -2.21. The number of phenolic OH excluding ortho intramolecular Hbond substituents is 1. The van der Waals surface area contributed by atoms with E-state index in [9.17, 15) is 14.7 Å². The molecule has 1 amide bonds. The maximum atomic E-state index is 12.5. The number of phenols is 1. The molecule has 0 aliphatic heterocycles. The smallest absolute Gasteiger partial charge is 0.338 e. The molecule has 0 radical (unpaired) electrons. The molecule has 3 aromatic rings. The quantitative estimate of drug-likeness (QED) is 0.677. The minimum atomic E-state index is -0.908. The molecule has 1 N–H and O–H groups in total. The molecule has 5 heteroatoms. The Kier molecular flexibility index (Phi) is 5.75. The number of hydrogen-bond acceptors (Lipinski definition) is 4. The lowest BCUT2D eigenvalue weighted by molar-refractivity contribution is -0.126. The lowest BCUT2D eigenvalue weighted by atomic mass is 10.0. The van der Waals surface area contributed by atoms with Crippen LogP contribution >= 0.6 is 0 Å². The van der Waals surface area contributed by atoms with Crippen molar-refractivity contribution in [2.75, 3.05) is 11.9 Å². The maximum Gasteiger partial charge on any atom is 0.338 e. The van der Waals surface area contributed by atoms with Crippen molar-refractivity contribution in [3.63, 3.8) is 0 Å². The van der Waals surface area contributed by atoms with E-state index in [0.717, 1.165) is 16.8 Å². The molecule has 0 saturated carbocycles. The summed E-state index contributed by atoms with van der Waals surface area (Å²) in [5.41, 5.74) is 2.92. The molecule has 28 heavy (non-hydrogen) atoms. The first-order valence-electron chi connectivity index (χ1n) is 8.89. The van der Waals surface area contributed by atoms with Crippen LogP contribution in [0.25, 0.3) is 11.1 Å². The number of carbonyl (C=O) groups excluding carboxylic acids is 2. The third kappa shape index (κ3) is 4.38. The van der Waals surface area contributed by atoms with Crippen molar-refractivity contribution in [2.24, 2.45) is 0 Å². The molecule has 142 valence electrons. The van der Waals surface area contributed by atoms with E-state index in [1.807, 2.05) is 30.3 Å². The first kappa shape index (κ1) is 19.2. The SMILES string of the molecule is C[C@@H](OC(=O)c1ccc(-c2ccc(O)cc2)cc1)C(=O)N(C)c1ccccc1. The molecule has 0 aromatic heterocycles. The second kappa shape index (κ2) is 8.39. The number of rotatable bonds is 5. The monoisotopic (exact) mass is 375 g/mol. The van der Waals surface area contributed by atoms with Crippen LogP contribution in [-0.2, 0) is 9.53 Å². The summed E-state index contributed by atoms with van der Waals surface area (Å²) in [6, 6.07) is 22.9. The number of ether oxygens (including phenoxy) is 1. The summed E-state index contributed by atoms with van der Waals surface area (Å²) in [6.07, 6.45) is -0.908. The van der Waals surface area contributed by atoms with Gasteiger partial charge < -0.3 is 14.7 Å². The van der Waals surface area contributed by atoms with Gasteiger partial charge >= 0.3 is 5.97 Å². The Bertz CT molecular complexity index is 950. The van der Waals surface area contributed by atoms with Gasteiger partial charge in [0.15, 0.2) is 6.10 Å². The number of esters is 1. The number of hydrogen-bond donors (Lipinski definition) is 1. The molecule has 0 fully saturated rings. The predicted molar refractivity (Wildman–Crippen MR) is 108 cm³/mol. The van der Waals surface area contributed by atoms with Gasteiger partial charge in [-0.3, -0.25) is 4.79 Å². The number of nitrogens with zero attached hydrogens (tertiary/aromatic N) is 1. The van der Waals surface area contributed by atoms with Crippen LogP contribution in [-0.4, -0.2) is 30.1 Å². The van der Waals surface area contributed by atoms with Crippen molar-refractivity contribution < 1.29 is 19.4 Å². The molecular weight excluding hydrogens is 354 g/mol. The maximum absolute atomic E-state index is 12.5. The van der Waals surface area contributed by atoms with Crippen LogP contribution in [0.15, 0.2) is 78.9 Å². The average molecular weight is 375 g/mol. The van der Waals surface area contributed by atoms with Gasteiger partial charge in [0.05, 0.1) is 5.56 Å². The third-order valence-electron chi connectivity index (χ3n) is 4.43. The molecule has 0 bridgehead atoms. The Morgan fingerprint density at radius 1 is 0.857 bits per heavy atom. The highest BCUT2D eigenvalue weighted by Gasteiger charge is 2.23. The summed E-state index contributed by atoms with van der Waals surface area (Å²) < 4.78 is 5.34. The first-order chi connectivity index (χ1) is 13.5. The molecule has 0 saturated heterocycles. The number of para-hydroxylation sites is 1. The Labute approximate surface area is 163 Å². The molecule has 3 aromatic carbocycles. The molecule has 0 unspecified atom stereocenters. The van der Waals surface area contributed by atoms with Crippen molar-refractivity contribution in [1.82, 2.24) is 0 Å². The molecule has 0 aliphatic rings. The van der Waals surface area contributed by atoms with Crippen LogP contribution in [0.1, 0.15) is 17.3 Å². The first-order valence-corrected chi connectivity index (χ1v) is 8.89. The van der Waals surface area contributed by atoms with E-state index in [4.69, 9.17) is 4.74 Å². The van der Waals surface area contributed by atoms with Crippen molar-refractivity contribution in [1.29, 1.82) is 0 Å². The largest absolute Gasteiger partial charge is 0.508 e. The van der Waals surface area contributed by atoms with E-state index in [1.165, 1.54) is 4.90 Å². The van der Waals surface area contributed by atoms with Gasteiger partial charge in [0.25, 0.3) is 5.91 Å². The molecular formula is C23H21NO4. The number of amides is 1. The van der Waals surface area contributed by atoms with E-state index in [0.29, 0.717) is 5.56 Å². The van der Waals surface area contributed by atoms with Crippen LogP contribution in [0.4, 0.5) is 5.69 Å². The number of aromatic hydroxyl groups is 1. The van der Waals surface area contributed by atoms with Gasteiger partial charge in [-0.15, -0.1) is 0 Å². The van der Waals surface area contributed by atoms with E-state index in [1.54, 1.807) is 62.5 Å². The fraction of sp³-hybridized carbons (Fsp3) is 0.130. The minimum absolute atomic E-state index is 0.197. The second-order valence-electron chi connectivity index (χ2n) is 6.40. The number of anilines is 1. The van der Waals surface area contributed by atoms with Crippen molar-refractivity contribution >= 4 is 17.6 Å². The highest BCUT2D eigenvalue weighted by Crippen LogP contribution is 2.22. The highest BCUT2D eigenvalue weighted by atomic mass is 16.5. The summed E-state index contributed by atoms with van der Waals surface area (Å²) in [7, 11) is 1.65. The van der Waals surface area contributed by atoms with Gasteiger partial charge in [0.1, 0.15) is 5.75 Å². The average Bonchev–Trinajstić information content (AvgIpc) is 2.74. The van der Waals surface area contributed by atoms with Gasteiger partial charge in [-0.25, -0.2) is 4.79 Å². The summed E-state index contributed by atoms with van der Waals surface area (Å²) in [4.78, 5) is 26.4. The van der Waals surface area contributed by atoms with Crippen LogP contribution in [0.3, 0.4) is 0 Å². The zero-order valence-corrected chi connectivity index (χ0v) is 15.7. The van der Waals surface area contributed by atoms with Crippen molar-refractivity contribution in [3.05, 3.63) is 84.4 Å². The van der Waals surface area contributed by atoms with E-state index in [2.05, 4.69) is 0 Å². The van der Waals surface area contributed by atoms with Crippen LogP contribution in [0.2, 0.25) is 0 Å². The number of carbonyl (C=O) groups is 2. The molecule has 0 spiro atoms. The van der Waals surface area contributed by atoms with E-state index < -0.39 is 12.1 Å². The summed E-state index contributed by atoms with van der Waals surface area (Å²) in [5.74, 6) is -0.664. The van der Waals surface area contributed by atoms with Gasteiger partial charge in [-0.2, -0.15) is 0 Å². The zero-order chi connectivity index (χ0) is 20.1. The van der Waals surface area contributed by atoms with E-state index >= 15 is 0 Å². The Balaban J connectivity index is 1.65. The summed E-state index contributed by atoms with van der Waals surface area (Å²) in [5, 5.41) is 9.37. The lowest BCUT2D eigenvalue weighted by Crippen LogP contribution is -2.37. The van der Waals surface area contributed by atoms with Gasteiger partial charge in [0.2, 0.25) is 0 Å². The van der Waals surface area contributed by atoms with Gasteiger partial charge in [-0.05, 0) is 54.4 Å². The van der Waals surface area contributed by atoms with Crippen LogP contribution < -0.4 is 4.90 Å². The summed E-state index contributed by atoms with van der Waals surface area (Å²) >= 11 is 0. The van der Waals surface area contributed by atoms with Gasteiger partial charge in [-0.1, -0.05) is 42.5 Å². The zero-order valence-electron chi connectivity index (χ0n) is 15.7. The second-order valence-corrected chi connectivity index (χ2v) is 6.40. The Morgan fingerprint density at radius 2 is 1.39 bits per heavy atom. The van der Waals surface area contributed by atoms with Crippen molar-refractivity contribution in [2.45, 2.75) is 13.0 Å². The third-order valence-corrected chi connectivity index (χ3v) is 4.43. The number of benzene rings is 3. The van der Waals surface area contributed by atoms with Crippen LogP contribution in [0.5, 0.6) is 5.75 Å². The number of likely N-dealkylation sites (N-methyl/N-ethyl adjacent to an activating group) is 1. The topological polar surface area (TPSA) is 66.8 Å². The fourth-order valence-electron chi connectivity index (χ4n) is 2.78. The molecule has 1 atom stereocenters. The Morgan fingerprint density at radius 3 is 1.96 bits per heavy atom. The standard InChI is InChI=1S/C23H21NO4/c1-16(22(26)24(2)20-6-4-3-5-7-20)28-23(27)19-10-8-17(9-11-19)18-12-14-21(25)15-13-18/h3-16,25H,1-2H3/t16-/m1/s1. The van der Waals surface area contributed by atoms with Crippen molar-refractivity contribution in [3.8, 4) is 16.9 Å². The normalized spacial score (nSPS) is 11.5. The highest BCUT2D eigenvalue weighted by molar-refractivity contribution is 5.98. The van der Waals surface area contributed by atoms with E-state index in [-0.39, 0.29) is 11.7 Å². The molecule has 5 nitrogen and oxygen atoms in total. The molecule has 3 rings (SSSR count).